The summed E-state index contributed by atoms with van der Waals surface area (Å²) in [5, 5.41) is 19.3. The van der Waals surface area contributed by atoms with E-state index in [1.165, 1.54) is 0 Å². The topological polar surface area (TPSA) is 388 Å². The van der Waals surface area contributed by atoms with Crippen LogP contribution >= 0.6 is 0 Å². The second-order valence-corrected chi connectivity index (χ2v) is 25.3. The zero-order valence-corrected chi connectivity index (χ0v) is 50.8. The molecule has 0 saturated carbocycles. The standard InChI is InChI=1S/C56H102FN13O10S/c1-34(2)27-40(61)32-70(81(79,80)41-22-20-39(57)21-23-41)33-49(71)63-42(17-11-14-24-58)51(73)67-48(31-38(9)10)56(78)69-46(29-36(5)6)54(76)65-43(18-12-15-25-59)52(74)64-44(19-13-16-26-60)53(75)68-47(30-37(7)8)55(77)66-45(50(62)72)28-35(3)4/h20-23,34-38,40,42-48H,11-19,24-33,58-61H2,1-10H3,(H2,62,72)(H,63,71)(H,64,74)(H,65,76)(H,66,77)(H,67,73)(H,68,75)(H,69,78)/t40-,42-,43-,44-,45-,46-,47-,48-/m0/s1. The highest BCUT2D eigenvalue weighted by molar-refractivity contribution is 7.89. The quantitative estimate of drug-likeness (QED) is 0.0415. The smallest absolute Gasteiger partial charge is 0.243 e. The molecular weight excluding hydrogens is 1070 g/mol. The van der Waals surface area contributed by atoms with Gasteiger partial charge in [0.25, 0.3) is 0 Å². The largest absolute Gasteiger partial charge is 0.368 e. The first kappa shape index (κ1) is 73.7. The average Bonchev–Trinajstić information content (AvgIpc) is 3.36. The van der Waals surface area contributed by atoms with Crippen molar-refractivity contribution >= 4 is 57.3 Å². The van der Waals surface area contributed by atoms with E-state index in [1.807, 2.05) is 69.2 Å². The minimum atomic E-state index is -4.39. The van der Waals surface area contributed by atoms with Crippen molar-refractivity contribution in [1.29, 1.82) is 0 Å². The number of hydrogen-bond donors (Lipinski definition) is 12. The molecule has 25 heteroatoms. The summed E-state index contributed by atoms with van der Waals surface area (Å²) in [4.78, 5) is 111. The van der Waals surface area contributed by atoms with Gasteiger partial charge in [-0.05, 0) is 163 Å². The van der Waals surface area contributed by atoms with Crippen molar-refractivity contribution in [1.82, 2.24) is 41.5 Å². The van der Waals surface area contributed by atoms with Crippen LogP contribution < -0.4 is 65.9 Å². The van der Waals surface area contributed by atoms with E-state index < -0.39 is 118 Å². The van der Waals surface area contributed by atoms with Gasteiger partial charge in [-0.1, -0.05) is 69.2 Å². The van der Waals surface area contributed by atoms with Crippen LogP contribution in [0.3, 0.4) is 0 Å². The van der Waals surface area contributed by atoms with Gasteiger partial charge < -0.3 is 65.9 Å². The molecule has 1 aromatic rings. The number of amides is 8. The second kappa shape index (κ2) is 38.4. The fraction of sp³-hybridized carbons (Fsp3) is 0.750. The highest BCUT2D eigenvalue weighted by Gasteiger charge is 2.36. The van der Waals surface area contributed by atoms with E-state index >= 15 is 0 Å². The van der Waals surface area contributed by atoms with Crippen molar-refractivity contribution in [2.24, 2.45) is 58.3 Å². The highest BCUT2D eigenvalue weighted by Crippen LogP contribution is 2.19. The number of carbonyl (C=O) groups excluding carboxylic acids is 8. The summed E-state index contributed by atoms with van der Waals surface area (Å²) in [5.74, 6) is -6.72. The molecule has 23 nitrogen and oxygen atoms in total. The molecule has 0 aliphatic heterocycles. The number of carbonyl (C=O) groups is 8. The van der Waals surface area contributed by atoms with Gasteiger partial charge in [-0.25, -0.2) is 12.8 Å². The Labute approximate surface area is 481 Å². The van der Waals surface area contributed by atoms with Crippen molar-refractivity contribution in [2.45, 2.75) is 212 Å². The van der Waals surface area contributed by atoms with Crippen LogP contribution in [0.15, 0.2) is 29.2 Å². The van der Waals surface area contributed by atoms with Crippen LogP contribution in [-0.4, -0.2) is 141 Å². The van der Waals surface area contributed by atoms with Gasteiger partial charge in [-0.15, -0.1) is 0 Å². The summed E-state index contributed by atoms with van der Waals surface area (Å²) >= 11 is 0. The molecule has 0 spiro atoms. The molecule has 0 bridgehead atoms. The predicted octanol–water partition coefficient (Wildman–Crippen LogP) is 1.64. The number of nitrogens with one attached hydrogen (secondary N) is 7. The van der Waals surface area contributed by atoms with E-state index in [2.05, 4.69) is 37.2 Å². The number of primary amides is 1. The number of halogens is 1. The lowest BCUT2D eigenvalue weighted by molar-refractivity contribution is -0.136. The third-order valence-electron chi connectivity index (χ3n) is 13.1. The molecule has 17 N–H and O–H groups in total. The van der Waals surface area contributed by atoms with E-state index in [9.17, 15) is 51.2 Å². The fourth-order valence-corrected chi connectivity index (χ4v) is 10.5. The maximum atomic E-state index is 14.4. The third kappa shape index (κ3) is 29.5. The van der Waals surface area contributed by atoms with Gasteiger partial charge >= 0.3 is 0 Å². The van der Waals surface area contributed by atoms with E-state index in [0.717, 1.165) is 28.6 Å². The first-order valence-electron chi connectivity index (χ1n) is 29.0. The number of unbranched alkanes of at least 4 members (excludes halogenated alkanes) is 3. The molecule has 8 atom stereocenters. The van der Waals surface area contributed by atoms with E-state index in [4.69, 9.17) is 28.7 Å². The van der Waals surface area contributed by atoms with Gasteiger partial charge in [0.05, 0.1) is 11.4 Å². The van der Waals surface area contributed by atoms with Crippen LogP contribution in [0.4, 0.5) is 4.39 Å². The van der Waals surface area contributed by atoms with Crippen molar-refractivity contribution in [3.63, 3.8) is 0 Å². The Morgan fingerprint density at radius 2 is 0.753 bits per heavy atom. The molecule has 0 aliphatic carbocycles. The lowest BCUT2D eigenvalue weighted by Gasteiger charge is -2.29. The lowest BCUT2D eigenvalue weighted by atomic mass is 9.98. The number of nitrogens with zero attached hydrogens (tertiary/aromatic N) is 1. The van der Waals surface area contributed by atoms with E-state index in [-0.39, 0.29) is 99.1 Å². The summed E-state index contributed by atoms with van der Waals surface area (Å²) in [6.45, 7) is 18.5. The van der Waals surface area contributed by atoms with Crippen molar-refractivity contribution < 1.29 is 51.2 Å². The van der Waals surface area contributed by atoms with Crippen LogP contribution in [0.1, 0.15) is 159 Å². The highest BCUT2D eigenvalue weighted by atomic mass is 32.2. The summed E-state index contributed by atoms with van der Waals surface area (Å²) in [6, 6.07) is -4.75. The minimum Gasteiger partial charge on any atom is -0.368 e. The maximum Gasteiger partial charge on any atom is 0.243 e. The summed E-state index contributed by atoms with van der Waals surface area (Å²) in [7, 11) is -4.39. The molecule has 81 heavy (non-hydrogen) atoms. The molecule has 0 aromatic heterocycles. The molecule has 0 fully saturated rings. The Balaban J connectivity index is 3.57. The Kier molecular flexibility index (Phi) is 35.0. The number of benzene rings is 1. The van der Waals surface area contributed by atoms with Gasteiger partial charge in [-0.3, -0.25) is 38.4 Å². The van der Waals surface area contributed by atoms with Gasteiger partial charge in [0.15, 0.2) is 0 Å². The molecular formula is C56H102FN13O10S. The monoisotopic (exact) mass is 1170 g/mol. The predicted molar refractivity (Wildman–Crippen MR) is 312 cm³/mol. The summed E-state index contributed by atoms with van der Waals surface area (Å²) in [6.07, 6.45) is 4.05. The Hall–Kier alpha value is -5.34. The molecule has 0 saturated heterocycles. The Morgan fingerprint density at radius 3 is 1.07 bits per heavy atom. The Morgan fingerprint density at radius 1 is 0.457 bits per heavy atom. The maximum absolute atomic E-state index is 14.4. The van der Waals surface area contributed by atoms with Crippen LogP contribution in [0.2, 0.25) is 0 Å². The fourth-order valence-electron chi connectivity index (χ4n) is 9.09. The van der Waals surface area contributed by atoms with Crippen molar-refractivity contribution in [2.75, 3.05) is 32.7 Å². The van der Waals surface area contributed by atoms with E-state index in [0.29, 0.717) is 51.5 Å². The van der Waals surface area contributed by atoms with Crippen molar-refractivity contribution in [3.8, 4) is 0 Å². The van der Waals surface area contributed by atoms with Crippen molar-refractivity contribution in [3.05, 3.63) is 30.1 Å². The normalized spacial score (nSPS) is 14.9. The molecule has 0 heterocycles. The van der Waals surface area contributed by atoms with Gasteiger partial charge in [0, 0.05) is 12.6 Å². The van der Waals surface area contributed by atoms with Gasteiger partial charge in [0.2, 0.25) is 57.3 Å². The zero-order valence-electron chi connectivity index (χ0n) is 50.0. The lowest BCUT2D eigenvalue weighted by Crippen LogP contribution is -2.60. The molecule has 1 rings (SSSR count). The number of nitrogens with two attached hydrogens (primary N) is 5. The van der Waals surface area contributed by atoms with Crippen LogP contribution in [0.5, 0.6) is 0 Å². The zero-order chi connectivity index (χ0) is 61.6. The van der Waals surface area contributed by atoms with Crippen LogP contribution in [-0.2, 0) is 48.4 Å². The molecule has 0 radical (unpaired) electrons. The number of rotatable bonds is 42. The van der Waals surface area contributed by atoms with Gasteiger partial charge in [-0.2, -0.15) is 4.31 Å². The number of hydrogen-bond acceptors (Lipinski definition) is 14. The Bertz CT molecular complexity index is 2220. The SMILES string of the molecule is CC(C)C[C@H](N)CN(CC(=O)N[C@@H](CCCCN)C(=O)N[C@@H](CC(C)C)C(=O)N[C@@H](CC(C)C)C(=O)N[C@@H](CCCCN)C(=O)N[C@@H](CCCCN)C(=O)N[C@@H](CC(C)C)C(=O)N[C@@H](CC(C)C)C(N)=O)S(=O)(=O)c1ccc(F)cc1. The minimum absolute atomic E-state index is 0.0238. The molecule has 8 amide bonds. The first-order valence-corrected chi connectivity index (χ1v) is 30.4. The average molecular weight is 1170 g/mol. The number of sulfonamides is 1. The summed E-state index contributed by atoms with van der Waals surface area (Å²) in [5.41, 5.74) is 29.4. The van der Waals surface area contributed by atoms with Gasteiger partial charge in [0.1, 0.15) is 48.1 Å². The molecule has 464 valence electrons. The first-order chi connectivity index (χ1) is 37.9. The van der Waals surface area contributed by atoms with E-state index in [1.54, 1.807) is 0 Å². The van der Waals surface area contributed by atoms with Crippen LogP contribution in [0.25, 0.3) is 0 Å². The molecule has 1 aromatic carbocycles. The second-order valence-electron chi connectivity index (χ2n) is 23.4. The molecule has 0 unspecified atom stereocenters. The van der Waals surface area contributed by atoms with Crippen LogP contribution in [0, 0.1) is 35.4 Å². The summed E-state index contributed by atoms with van der Waals surface area (Å²) < 4.78 is 42.5. The molecule has 0 aliphatic rings. The third-order valence-corrected chi connectivity index (χ3v) is 15.0.